The Labute approximate surface area is 99.0 Å². The minimum atomic E-state index is -0.236. The van der Waals surface area contributed by atoms with Gasteiger partial charge in [0.2, 0.25) is 0 Å². The first-order valence-electron chi connectivity index (χ1n) is 5.32. The largest absolute Gasteiger partial charge is 0.320 e. The minimum Gasteiger partial charge on any atom is -0.320 e. The molecule has 2 rings (SSSR count). The first-order chi connectivity index (χ1) is 8.29. The first-order valence-corrected chi connectivity index (χ1v) is 5.32. The number of anilines is 1. The van der Waals surface area contributed by atoms with Crippen molar-refractivity contribution in [2.75, 3.05) is 5.32 Å². The molecule has 5 nitrogen and oxygen atoms in total. The molecule has 0 aromatic carbocycles. The molecule has 0 saturated carbocycles. The zero-order chi connectivity index (χ0) is 12.1. The highest BCUT2D eigenvalue weighted by Gasteiger charge is 2.06. The maximum Gasteiger partial charge on any atom is 0.258 e. The van der Waals surface area contributed by atoms with Gasteiger partial charge < -0.3 is 5.32 Å². The molecule has 0 aliphatic carbocycles. The van der Waals surface area contributed by atoms with Gasteiger partial charge in [0, 0.05) is 25.0 Å². The van der Waals surface area contributed by atoms with E-state index in [2.05, 4.69) is 20.3 Å². The van der Waals surface area contributed by atoms with Gasteiger partial charge in [0.05, 0.1) is 17.4 Å². The molecule has 0 aliphatic rings. The number of pyridine rings is 1. The molecule has 2 aromatic rings. The van der Waals surface area contributed by atoms with Crippen LogP contribution in [0.5, 0.6) is 0 Å². The van der Waals surface area contributed by atoms with Gasteiger partial charge in [0.15, 0.2) is 0 Å². The van der Waals surface area contributed by atoms with Crippen LogP contribution in [0.3, 0.4) is 0 Å². The predicted molar refractivity (Wildman–Crippen MR) is 63.6 cm³/mol. The van der Waals surface area contributed by atoms with Crippen molar-refractivity contribution in [3.05, 3.63) is 48.3 Å². The van der Waals surface area contributed by atoms with Crippen LogP contribution >= 0.6 is 0 Å². The minimum absolute atomic E-state index is 0.236. The van der Waals surface area contributed by atoms with Crippen LogP contribution in [0.2, 0.25) is 0 Å². The summed E-state index contributed by atoms with van der Waals surface area (Å²) in [6.07, 6.45) is 7.04. The monoisotopic (exact) mass is 228 g/mol. The van der Waals surface area contributed by atoms with Crippen LogP contribution in [-0.4, -0.2) is 20.9 Å². The van der Waals surface area contributed by atoms with Gasteiger partial charge in [-0.05, 0) is 12.1 Å². The van der Waals surface area contributed by atoms with Crippen LogP contribution in [0.4, 0.5) is 5.69 Å². The number of nitrogens with one attached hydrogen (secondary N) is 1. The van der Waals surface area contributed by atoms with Crippen molar-refractivity contribution in [3.8, 4) is 0 Å². The topological polar surface area (TPSA) is 67.8 Å². The quantitative estimate of drug-likeness (QED) is 0.868. The van der Waals surface area contributed by atoms with Gasteiger partial charge in [-0.1, -0.05) is 6.92 Å². The highest BCUT2D eigenvalue weighted by molar-refractivity contribution is 6.03. The van der Waals surface area contributed by atoms with E-state index in [1.54, 1.807) is 24.5 Å². The number of carbonyl (C=O) groups is 1. The number of aryl methyl sites for hydroxylation is 1. The first kappa shape index (κ1) is 11.2. The van der Waals surface area contributed by atoms with E-state index in [1.807, 2.05) is 6.92 Å². The lowest BCUT2D eigenvalue weighted by molar-refractivity contribution is 0.102. The van der Waals surface area contributed by atoms with E-state index in [-0.39, 0.29) is 5.91 Å². The second-order valence-electron chi connectivity index (χ2n) is 3.44. The Hall–Kier alpha value is -2.30. The lowest BCUT2D eigenvalue weighted by Gasteiger charge is -2.04. The molecule has 17 heavy (non-hydrogen) atoms. The van der Waals surface area contributed by atoms with Gasteiger partial charge in [0.25, 0.3) is 5.91 Å². The van der Waals surface area contributed by atoms with Crippen LogP contribution in [0.25, 0.3) is 0 Å². The van der Waals surface area contributed by atoms with Crippen LogP contribution < -0.4 is 5.32 Å². The van der Waals surface area contributed by atoms with Crippen LogP contribution in [0.1, 0.15) is 23.1 Å². The molecule has 1 amide bonds. The summed E-state index contributed by atoms with van der Waals surface area (Å²) < 4.78 is 0. The number of rotatable bonds is 3. The van der Waals surface area contributed by atoms with Gasteiger partial charge >= 0.3 is 0 Å². The van der Waals surface area contributed by atoms with Crippen molar-refractivity contribution < 1.29 is 4.79 Å². The average Bonchev–Trinajstić information content (AvgIpc) is 2.40. The Morgan fingerprint density at radius 1 is 1.29 bits per heavy atom. The number of hydrogen-bond donors (Lipinski definition) is 1. The van der Waals surface area contributed by atoms with Gasteiger partial charge in [-0.25, -0.2) is 9.97 Å². The van der Waals surface area contributed by atoms with Gasteiger partial charge in [-0.2, -0.15) is 0 Å². The van der Waals surface area contributed by atoms with Gasteiger partial charge in [0.1, 0.15) is 5.82 Å². The molecule has 0 spiro atoms. The number of carbonyl (C=O) groups excluding carboxylic acids is 1. The summed E-state index contributed by atoms with van der Waals surface area (Å²) in [5, 5.41) is 2.71. The fourth-order valence-corrected chi connectivity index (χ4v) is 1.29. The van der Waals surface area contributed by atoms with Crippen molar-refractivity contribution in [2.45, 2.75) is 13.3 Å². The number of amides is 1. The number of nitrogens with zero attached hydrogens (tertiary/aromatic N) is 3. The summed E-state index contributed by atoms with van der Waals surface area (Å²) in [5.74, 6) is 0.489. The van der Waals surface area contributed by atoms with E-state index in [1.165, 1.54) is 12.4 Å². The average molecular weight is 228 g/mol. The Bertz CT molecular complexity index is 496. The molecule has 0 fully saturated rings. The second-order valence-corrected chi connectivity index (χ2v) is 3.44. The number of hydrogen-bond acceptors (Lipinski definition) is 4. The molecule has 0 unspecified atom stereocenters. The molecular weight excluding hydrogens is 216 g/mol. The molecular formula is C12H12N4O. The predicted octanol–water partition coefficient (Wildman–Crippen LogP) is 1.69. The molecule has 0 atom stereocenters. The van der Waals surface area contributed by atoms with Crippen molar-refractivity contribution in [3.63, 3.8) is 0 Å². The molecule has 0 bridgehead atoms. The van der Waals surface area contributed by atoms with E-state index in [9.17, 15) is 4.79 Å². The summed E-state index contributed by atoms with van der Waals surface area (Å²) in [5.41, 5.74) is 1.09. The SMILES string of the molecule is CCc1ncc(C(=O)Nc2cccnc2)cn1. The van der Waals surface area contributed by atoms with E-state index < -0.39 is 0 Å². The van der Waals surface area contributed by atoms with Crippen molar-refractivity contribution in [2.24, 2.45) is 0 Å². The van der Waals surface area contributed by atoms with E-state index in [0.29, 0.717) is 11.3 Å². The highest BCUT2D eigenvalue weighted by Crippen LogP contribution is 2.06. The third kappa shape index (κ3) is 2.84. The van der Waals surface area contributed by atoms with Gasteiger partial charge in [-0.3, -0.25) is 9.78 Å². The maximum atomic E-state index is 11.8. The maximum absolute atomic E-state index is 11.8. The zero-order valence-corrected chi connectivity index (χ0v) is 9.42. The second kappa shape index (κ2) is 5.16. The summed E-state index contributed by atoms with van der Waals surface area (Å²) in [4.78, 5) is 23.9. The van der Waals surface area contributed by atoms with Crippen molar-refractivity contribution >= 4 is 11.6 Å². The Kier molecular flexibility index (Phi) is 3.40. The van der Waals surface area contributed by atoms with Gasteiger partial charge in [-0.15, -0.1) is 0 Å². The lowest BCUT2D eigenvalue weighted by Crippen LogP contribution is -2.13. The molecule has 86 valence electrons. The summed E-state index contributed by atoms with van der Waals surface area (Å²) in [6, 6.07) is 3.53. The number of aromatic nitrogens is 3. The smallest absolute Gasteiger partial charge is 0.258 e. The molecule has 1 N–H and O–H groups in total. The Morgan fingerprint density at radius 3 is 2.65 bits per heavy atom. The molecule has 0 radical (unpaired) electrons. The molecule has 0 aliphatic heterocycles. The van der Waals surface area contributed by atoms with Crippen LogP contribution in [0, 0.1) is 0 Å². The Morgan fingerprint density at radius 2 is 2.06 bits per heavy atom. The van der Waals surface area contributed by atoms with Crippen molar-refractivity contribution in [1.29, 1.82) is 0 Å². The van der Waals surface area contributed by atoms with Crippen molar-refractivity contribution in [1.82, 2.24) is 15.0 Å². The summed E-state index contributed by atoms with van der Waals surface area (Å²) in [6.45, 7) is 1.96. The molecule has 0 saturated heterocycles. The third-order valence-corrected chi connectivity index (χ3v) is 2.20. The molecule has 5 heteroatoms. The normalized spacial score (nSPS) is 9.94. The summed E-state index contributed by atoms with van der Waals surface area (Å²) in [7, 11) is 0. The standard InChI is InChI=1S/C12H12N4O/c1-2-11-14-6-9(7-15-11)12(17)16-10-4-3-5-13-8-10/h3-8H,2H2,1H3,(H,16,17). The molecule has 2 heterocycles. The van der Waals surface area contributed by atoms with Crippen LogP contribution in [-0.2, 0) is 6.42 Å². The fraction of sp³-hybridized carbons (Fsp3) is 0.167. The lowest BCUT2D eigenvalue weighted by atomic mass is 10.3. The zero-order valence-electron chi connectivity index (χ0n) is 9.42. The highest BCUT2D eigenvalue weighted by atomic mass is 16.1. The Balaban J connectivity index is 2.09. The molecule has 2 aromatic heterocycles. The van der Waals surface area contributed by atoms with E-state index in [4.69, 9.17) is 0 Å². The third-order valence-electron chi connectivity index (χ3n) is 2.20. The fourth-order valence-electron chi connectivity index (χ4n) is 1.29. The van der Waals surface area contributed by atoms with Crippen LogP contribution in [0.15, 0.2) is 36.9 Å². The van der Waals surface area contributed by atoms with E-state index in [0.717, 1.165) is 12.2 Å². The summed E-state index contributed by atoms with van der Waals surface area (Å²) >= 11 is 0. The van der Waals surface area contributed by atoms with E-state index >= 15 is 0 Å².